The van der Waals surface area contributed by atoms with Crippen LogP contribution >= 0.6 is 62.1 Å². The zero-order valence-electron chi connectivity index (χ0n) is 19.9. The van der Waals surface area contributed by atoms with Crippen LogP contribution in [0.2, 0.25) is 0 Å². The summed E-state index contributed by atoms with van der Waals surface area (Å²) in [7, 11) is 0. The van der Waals surface area contributed by atoms with Crippen LogP contribution in [-0.4, -0.2) is 32.7 Å². The van der Waals surface area contributed by atoms with Crippen LogP contribution in [-0.2, 0) is 10.5 Å². The molecule has 0 fully saturated rings. The van der Waals surface area contributed by atoms with Gasteiger partial charge in [0.2, 0.25) is 11.0 Å². The first-order valence-corrected chi connectivity index (χ1v) is 15.7. The summed E-state index contributed by atoms with van der Waals surface area (Å²) in [6.45, 7) is 1.98. The second kappa shape index (κ2) is 12.4. The molecule has 0 unspecified atom stereocenters. The number of aryl methyl sites for hydroxylation is 1. The fraction of sp³-hybridized carbons (Fsp3) is 0.115. The Balaban J connectivity index is 1.12. The van der Waals surface area contributed by atoms with Gasteiger partial charge < -0.3 is 5.32 Å². The Bertz CT molecular complexity index is 1600. The van der Waals surface area contributed by atoms with Gasteiger partial charge in [-0.15, -0.1) is 21.5 Å². The molecule has 2 heterocycles. The van der Waals surface area contributed by atoms with Crippen LogP contribution in [0.3, 0.4) is 0 Å². The highest BCUT2D eigenvalue weighted by Crippen LogP contribution is 2.32. The summed E-state index contributed by atoms with van der Waals surface area (Å²) in [6.07, 6.45) is 0. The summed E-state index contributed by atoms with van der Waals surface area (Å²) in [5.74, 6) is 0.649. The minimum absolute atomic E-state index is 0.161. The number of fused-ring (bicyclic) bond motifs is 1. The van der Waals surface area contributed by atoms with Gasteiger partial charge >= 0.3 is 0 Å². The van der Waals surface area contributed by atoms with E-state index in [4.69, 9.17) is 0 Å². The predicted octanol–water partition coefficient (Wildman–Crippen LogP) is 7.49. The maximum Gasteiger partial charge on any atom is 0.255 e. The Kier molecular flexibility index (Phi) is 8.75. The predicted molar refractivity (Wildman–Crippen MR) is 162 cm³/mol. The maximum atomic E-state index is 12.5. The van der Waals surface area contributed by atoms with E-state index in [1.165, 1.54) is 40.0 Å². The normalized spacial score (nSPS) is 11.0. The molecule has 7 nitrogen and oxygen atoms in total. The molecule has 0 saturated heterocycles. The van der Waals surface area contributed by atoms with Crippen LogP contribution in [0.1, 0.15) is 21.5 Å². The first-order valence-electron chi connectivity index (χ1n) is 11.3. The minimum atomic E-state index is -0.167. The van der Waals surface area contributed by atoms with Gasteiger partial charge in [0.15, 0.2) is 8.68 Å². The molecule has 2 amide bonds. The van der Waals surface area contributed by atoms with Crippen molar-refractivity contribution in [1.29, 1.82) is 0 Å². The number of nitrogens with one attached hydrogen (secondary N) is 2. The number of nitrogens with zero attached hydrogens (tertiary/aromatic N) is 3. The van der Waals surface area contributed by atoms with E-state index in [1.807, 2.05) is 49.4 Å². The SMILES string of the molecule is Cc1ccc(C(=O)Nc2ccc3nc(SCC(=O)Nc4nnc(SCc5cccc(Br)c5)s4)sc3c2)cc1. The van der Waals surface area contributed by atoms with Crippen LogP contribution in [0, 0.1) is 6.92 Å². The molecule has 2 aromatic heterocycles. The van der Waals surface area contributed by atoms with E-state index in [2.05, 4.69) is 53.9 Å². The number of rotatable bonds is 9. The average Bonchev–Trinajstić information content (AvgIpc) is 3.52. The Morgan fingerprint density at radius 3 is 2.58 bits per heavy atom. The fourth-order valence-electron chi connectivity index (χ4n) is 3.32. The van der Waals surface area contributed by atoms with Crippen molar-refractivity contribution in [2.75, 3.05) is 16.4 Å². The van der Waals surface area contributed by atoms with Crippen molar-refractivity contribution in [1.82, 2.24) is 15.2 Å². The first kappa shape index (κ1) is 26.8. The number of carbonyl (C=O) groups is 2. The van der Waals surface area contributed by atoms with Crippen LogP contribution in [0.4, 0.5) is 10.8 Å². The third-order valence-electron chi connectivity index (χ3n) is 5.17. The molecule has 0 aliphatic rings. The Morgan fingerprint density at radius 2 is 1.76 bits per heavy atom. The smallest absolute Gasteiger partial charge is 0.255 e. The molecule has 12 heteroatoms. The number of benzene rings is 3. The van der Waals surface area contributed by atoms with E-state index < -0.39 is 0 Å². The van der Waals surface area contributed by atoms with E-state index in [-0.39, 0.29) is 17.6 Å². The number of anilines is 2. The second-order valence-corrected chi connectivity index (χ2v) is 13.5. The van der Waals surface area contributed by atoms with E-state index in [0.29, 0.717) is 16.4 Å². The number of hydrogen-bond acceptors (Lipinski definition) is 9. The standard InChI is InChI=1S/C26H20BrN5O2S4/c1-15-5-7-17(8-6-15)23(34)28-19-9-10-20-21(12-19)37-25(29-20)36-14-22(33)30-24-31-32-26(38-24)35-13-16-3-2-4-18(27)11-16/h2-12H,13-14H2,1H3,(H,28,34)(H,30,31,33). The topological polar surface area (TPSA) is 96.9 Å². The van der Waals surface area contributed by atoms with Gasteiger partial charge in [-0.3, -0.25) is 14.9 Å². The maximum absolute atomic E-state index is 12.5. The number of halogens is 1. The van der Waals surface area contributed by atoms with Crippen LogP contribution in [0.25, 0.3) is 10.2 Å². The number of thioether (sulfide) groups is 2. The molecule has 0 saturated carbocycles. The molecule has 3 aromatic carbocycles. The number of carbonyl (C=O) groups excluding carboxylic acids is 2. The summed E-state index contributed by atoms with van der Waals surface area (Å²) in [4.78, 5) is 29.6. The summed E-state index contributed by atoms with van der Waals surface area (Å²) in [5.41, 5.74) is 4.41. The molecule has 5 rings (SSSR count). The summed E-state index contributed by atoms with van der Waals surface area (Å²) in [6, 6.07) is 21.2. The quantitative estimate of drug-likeness (QED) is 0.127. The van der Waals surface area contributed by atoms with Crippen molar-refractivity contribution >= 4 is 95.0 Å². The number of thiazole rings is 1. The van der Waals surface area contributed by atoms with Crippen molar-refractivity contribution in [3.05, 3.63) is 87.9 Å². The summed E-state index contributed by atoms with van der Waals surface area (Å²) in [5, 5.41) is 14.5. The Morgan fingerprint density at radius 1 is 0.921 bits per heavy atom. The van der Waals surface area contributed by atoms with Crippen molar-refractivity contribution < 1.29 is 9.59 Å². The molecule has 0 bridgehead atoms. The monoisotopic (exact) mass is 641 g/mol. The summed E-state index contributed by atoms with van der Waals surface area (Å²) < 4.78 is 3.55. The van der Waals surface area contributed by atoms with Crippen molar-refractivity contribution in [3.8, 4) is 0 Å². The van der Waals surface area contributed by atoms with E-state index in [1.54, 1.807) is 23.9 Å². The Hall–Kier alpha value is -2.77. The first-order chi connectivity index (χ1) is 18.4. The van der Waals surface area contributed by atoms with E-state index >= 15 is 0 Å². The number of hydrogen-bond donors (Lipinski definition) is 2. The fourth-order valence-corrected chi connectivity index (χ4v) is 7.39. The van der Waals surface area contributed by atoms with Crippen LogP contribution < -0.4 is 10.6 Å². The number of amides is 2. The molecule has 192 valence electrons. The molecule has 5 aromatic rings. The average molecular weight is 643 g/mol. The lowest BCUT2D eigenvalue weighted by atomic mass is 10.1. The minimum Gasteiger partial charge on any atom is -0.322 e. The Labute approximate surface area is 244 Å². The molecule has 0 atom stereocenters. The lowest BCUT2D eigenvalue weighted by Gasteiger charge is -2.05. The van der Waals surface area contributed by atoms with Crippen LogP contribution in [0.15, 0.2) is 79.9 Å². The van der Waals surface area contributed by atoms with E-state index in [0.717, 1.165) is 34.7 Å². The van der Waals surface area contributed by atoms with Crippen molar-refractivity contribution in [3.63, 3.8) is 0 Å². The molecular formula is C26H20BrN5O2S4. The number of aromatic nitrogens is 3. The van der Waals surface area contributed by atoms with Gasteiger partial charge in [-0.25, -0.2) is 4.98 Å². The lowest BCUT2D eigenvalue weighted by Crippen LogP contribution is -2.13. The van der Waals surface area contributed by atoms with Gasteiger partial charge in [0.1, 0.15) is 0 Å². The van der Waals surface area contributed by atoms with Crippen molar-refractivity contribution in [2.24, 2.45) is 0 Å². The highest BCUT2D eigenvalue weighted by molar-refractivity contribution is 9.10. The van der Waals surface area contributed by atoms with Gasteiger partial charge in [0, 0.05) is 21.5 Å². The van der Waals surface area contributed by atoms with Gasteiger partial charge in [-0.1, -0.05) is 80.6 Å². The molecule has 0 radical (unpaired) electrons. The summed E-state index contributed by atoms with van der Waals surface area (Å²) >= 11 is 9.26. The largest absolute Gasteiger partial charge is 0.322 e. The van der Waals surface area contributed by atoms with Crippen molar-refractivity contribution in [2.45, 2.75) is 21.4 Å². The zero-order chi connectivity index (χ0) is 26.5. The zero-order valence-corrected chi connectivity index (χ0v) is 24.8. The molecule has 0 spiro atoms. The third kappa shape index (κ3) is 7.20. The van der Waals surface area contributed by atoms with Gasteiger partial charge in [0.25, 0.3) is 5.91 Å². The molecule has 2 N–H and O–H groups in total. The molecule has 0 aliphatic carbocycles. The highest BCUT2D eigenvalue weighted by Gasteiger charge is 2.13. The molecular weight excluding hydrogens is 622 g/mol. The third-order valence-corrected chi connectivity index (χ3v) is 9.87. The van der Waals surface area contributed by atoms with Gasteiger partial charge in [0.05, 0.1) is 16.0 Å². The molecule has 38 heavy (non-hydrogen) atoms. The highest BCUT2D eigenvalue weighted by atomic mass is 79.9. The lowest BCUT2D eigenvalue weighted by molar-refractivity contribution is -0.113. The van der Waals surface area contributed by atoms with Gasteiger partial charge in [-0.05, 0) is 55.0 Å². The van der Waals surface area contributed by atoms with E-state index in [9.17, 15) is 9.59 Å². The van der Waals surface area contributed by atoms with Crippen LogP contribution in [0.5, 0.6) is 0 Å². The molecule has 0 aliphatic heterocycles. The van der Waals surface area contributed by atoms with Gasteiger partial charge in [-0.2, -0.15) is 0 Å². The second-order valence-electron chi connectivity index (χ2n) is 8.11.